The Morgan fingerprint density at radius 2 is 2.25 bits per heavy atom. The standard InChI is InChI=1S/C16H21FN2O/c1-12-5-3-6-14(15(12)17)20-10-4-9-16(2,11-18)19-13-7-8-13/h3,5-6,13,19H,4,7-10H2,1-2H3. The van der Waals surface area contributed by atoms with Gasteiger partial charge in [-0.1, -0.05) is 12.1 Å². The van der Waals surface area contributed by atoms with Crippen molar-refractivity contribution in [2.75, 3.05) is 6.61 Å². The molecule has 3 nitrogen and oxygen atoms in total. The van der Waals surface area contributed by atoms with E-state index in [2.05, 4.69) is 11.4 Å². The van der Waals surface area contributed by atoms with Crippen LogP contribution in [0.15, 0.2) is 18.2 Å². The Bertz CT molecular complexity index is 508. The summed E-state index contributed by atoms with van der Waals surface area (Å²) in [6.45, 7) is 4.05. The van der Waals surface area contributed by atoms with Crippen LogP contribution in [0.3, 0.4) is 0 Å². The van der Waals surface area contributed by atoms with Crippen molar-refractivity contribution in [1.29, 1.82) is 5.26 Å². The van der Waals surface area contributed by atoms with Crippen molar-refractivity contribution in [3.8, 4) is 11.8 Å². The molecule has 108 valence electrons. The zero-order chi connectivity index (χ0) is 14.6. The molecule has 0 aliphatic heterocycles. The second kappa shape index (κ2) is 6.23. The number of halogens is 1. The minimum atomic E-state index is -0.504. The van der Waals surface area contributed by atoms with E-state index in [1.54, 1.807) is 25.1 Å². The van der Waals surface area contributed by atoms with Crippen molar-refractivity contribution < 1.29 is 9.13 Å². The Morgan fingerprint density at radius 1 is 1.50 bits per heavy atom. The van der Waals surface area contributed by atoms with Crippen LogP contribution in [0.1, 0.15) is 38.2 Å². The van der Waals surface area contributed by atoms with Gasteiger partial charge in [-0.25, -0.2) is 4.39 Å². The first-order chi connectivity index (χ1) is 9.54. The van der Waals surface area contributed by atoms with Crippen molar-refractivity contribution in [2.45, 2.75) is 51.1 Å². The van der Waals surface area contributed by atoms with Gasteiger partial charge in [0.2, 0.25) is 0 Å². The molecule has 0 saturated heterocycles. The summed E-state index contributed by atoms with van der Waals surface area (Å²) in [5, 5.41) is 12.6. The zero-order valence-corrected chi connectivity index (χ0v) is 12.1. The lowest BCUT2D eigenvalue weighted by Gasteiger charge is -2.23. The van der Waals surface area contributed by atoms with Crippen molar-refractivity contribution in [2.24, 2.45) is 0 Å². The third-order valence-electron chi connectivity index (χ3n) is 3.58. The summed E-state index contributed by atoms with van der Waals surface area (Å²) < 4.78 is 19.2. The number of aryl methyl sites for hydroxylation is 1. The summed E-state index contributed by atoms with van der Waals surface area (Å²) in [7, 11) is 0. The van der Waals surface area contributed by atoms with Gasteiger partial charge in [0.25, 0.3) is 0 Å². The van der Waals surface area contributed by atoms with Gasteiger partial charge in [-0.2, -0.15) is 5.26 Å². The van der Waals surface area contributed by atoms with Crippen LogP contribution in [0.4, 0.5) is 4.39 Å². The molecule has 2 rings (SSSR count). The van der Waals surface area contributed by atoms with Gasteiger partial charge in [0, 0.05) is 6.04 Å². The van der Waals surface area contributed by atoms with Gasteiger partial charge in [0.05, 0.1) is 12.7 Å². The van der Waals surface area contributed by atoms with Crippen molar-refractivity contribution in [3.63, 3.8) is 0 Å². The smallest absolute Gasteiger partial charge is 0.167 e. The highest BCUT2D eigenvalue weighted by Gasteiger charge is 2.31. The van der Waals surface area contributed by atoms with Crippen LogP contribution in [0.5, 0.6) is 5.75 Å². The monoisotopic (exact) mass is 276 g/mol. The molecule has 0 amide bonds. The molecule has 1 aliphatic carbocycles. The van der Waals surface area contributed by atoms with Gasteiger partial charge in [-0.3, -0.25) is 5.32 Å². The summed E-state index contributed by atoms with van der Waals surface area (Å²) in [5.41, 5.74) is 0.0788. The Kier molecular flexibility index (Phi) is 4.61. The van der Waals surface area contributed by atoms with Crippen LogP contribution in [-0.2, 0) is 0 Å². The minimum absolute atomic E-state index is 0.291. The number of rotatable bonds is 7. The van der Waals surface area contributed by atoms with Gasteiger partial charge in [0.1, 0.15) is 5.54 Å². The maximum Gasteiger partial charge on any atom is 0.167 e. The number of nitrogens with one attached hydrogen (secondary N) is 1. The van der Waals surface area contributed by atoms with E-state index in [1.165, 1.54) is 0 Å². The average Bonchev–Trinajstić information content (AvgIpc) is 3.23. The third kappa shape index (κ3) is 3.94. The third-order valence-corrected chi connectivity index (χ3v) is 3.58. The van der Waals surface area contributed by atoms with E-state index >= 15 is 0 Å². The zero-order valence-electron chi connectivity index (χ0n) is 12.1. The lowest BCUT2D eigenvalue weighted by atomic mass is 9.98. The molecule has 1 N–H and O–H groups in total. The average molecular weight is 276 g/mol. The van der Waals surface area contributed by atoms with Crippen LogP contribution < -0.4 is 10.1 Å². The van der Waals surface area contributed by atoms with Crippen molar-refractivity contribution >= 4 is 0 Å². The van der Waals surface area contributed by atoms with Crippen molar-refractivity contribution in [3.05, 3.63) is 29.6 Å². The van der Waals surface area contributed by atoms with Crippen LogP contribution in [0.2, 0.25) is 0 Å². The van der Waals surface area contributed by atoms with Gasteiger partial charge >= 0.3 is 0 Å². The Labute approximate surface area is 119 Å². The molecule has 0 aromatic heterocycles. The van der Waals surface area contributed by atoms with Gasteiger partial charge in [-0.05, 0) is 51.2 Å². The topological polar surface area (TPSA) is 45.0 Å². The first kappa shape index (κ1) is 14.8. The number of nitrogens with zero attached hydrogens (tertiary/aromatic N) is 1. The number of ether oxygens (including phenoxy) is 1. The predicted octanol–water partition coefficient (Wildman–Crippen LogP) is 3.33. The first-order valence-electron chi connectivity index (χ1n) is 7.11. The lowest BCUT2D eigenvalue weighted by molar-refractivity contribution is 0.273. The van der Waals surface area contributed by atoms with Crippen LogP contribution >= 0.6 is 0 Å². The highest BCUT2D eigenvalue weighted by Crippen LogP contribution is 2.25. The van der Waals surface area contributed by atoms with Crippen LogP contribution in [0, 0.1) is 24.1 Å². The summed E-state index contributed by atoms with van der Waals surface area (Å²) >= 11 is 0. The molecule has 1 aliphatic rings. The highest BCUT2D eigenvalue weighted by molar-refractivity contribution is 5.30. The van der Waals surface area contributed by atoms with E-state index in [1.807, 2.05) is 6.92 Å². The molecule has 1 atom stereocenters. The minimum Gasteiger partial charge on any atom is -0.491 e. The molecule has 1 saturated carbocycles. The molecule has 0 bridgehead atoms. The molecule has 4 heteroatoms. The van der Waals surface area contributed by atoms with E-state index in [4.69, 9.17) is 4.74 Å². The summed E-state index contributed by atoms with van der Waals surface area (Å²) in [5.74, 6) is -0.00883. The van der Waals surface area contributed by atoms with E-state index in [9.17, 15) is 9.65 Å². The van der Waals surface area contributed by atoms with Crippen molar-refractivity contribution in [1.82, 2.24) is 5.32 Å². The second-order valence-corrected chi connectivity index (χ2v) is 5.70. The maximum absolute atomic E-state index is 13.7. The summed E-state index contributed by atoms with van der Waals surface area (Å²) in [4.78, 5) is 0. The fourth-order valence-corrected chi connectivity index (χ4v) is 2.18. The SMILES string of the molecule is Cc1cccc(OCCCC(C)(C#N)NC2CC2)c1F. The molecule has 1 aromatic rings. The molecule has 20 heavy (non-hydrogen) atoms. The predicted molar refractivity (Wildman–Crippen MR) is 76.0 cm³/mol. The van der Waals surface area contributed by atoms with E-state index < -0.39 is 5.54 Å². The Balaban J connectivity index is 1.78. The first-order valence-corrected chi connectivity index (χ1v) is 7.11. The summed E-state index contributed by atoms with van der Waals surface area (Å²) in [6, 6.07) is 7.95. The normalized spacial score (nSPS) is 17.3. The molecule has 1 fully saturated rings. The summed E-state index contributed by atoms with van der Waals surface area (Å²) in [6.07, 6.45) is 3.73. The fraction of sp³-hybridized carbons (Fsp3) is 0.562. The molecule has 1 unspecified atom stereocenters. The van der Waals surface area contributed by atoms with E-state index in [0.29, 0.717) is 30.4 Å². The molecule has 0 heterocycles. The lowest BCUT2D eigenvalue weighted by Crippen LogP contribution is -2.42. The van der Waals surface area contributed by atoms with Gasteiger partial charge in [-0.15, -0.1) is 0 Å². The number of benzene rings is 1. The molecular weight excluding hydrogens is 255 g/mol. The Morgan fingerprint density at radius 3 is 2.90 bits per heavy atom. The largest absolute Gasteiger partial charge is 0.491 e. The van der Waals surface area contributed by atoms with Crippen LogP contribution in [0.25, 0.3) is 0 Å². The Hall–Kier alpha value is -1.60. The fourth-order valence-electron chi connectivity index (χ4n) is 2.18. The maximum atomic E-state index is 13.7. The highest BCUT2D eigenvalue weighted by atomic mass is 19.1. The van der Waals surface area contributed by atoms with E-state index in [0.717, 1.165) is 19.3 Å². The van der Waals surface area contributed by atoms with E-state index in [-0.39, 0.29) is 5.82 Å². The molecular formula is C16H21FN2O. The molecule has 0 spiro atoms. The number of nitriles is 1. The quantitative estimate of drug-likeness (QED) is 0.777. The number of hydrogen-bond donors (Lipinski definition) is 1. The van der Waals surface area contributed by atoms with Gasteiger partial charge < -0.3 is 4.74 Å². The van der Waals surface area contributed by atoms with Gasteiger partial charge in [0.15, 0.2) is 11.6 Å². The molecule has 1 aromatic carbocycles. The number of hydrogen-bond acceptors (Lipinski definition) is 3. The van der Waals surface area contributed by atoms with Crippen LogP contribution in [-0.4, -0.2) is 18.2 Å². The second-order valence-electron chi connectivity index (χ2n) is 5.70. The molecule has 0 radical (unpaired) electrons.